The highest BCUT2D eigenvalue weighted by molar-refractivity contribution is 7.81. The highest BCUT2D eigenvalue weighted by Gasteiger charge is 2.05. The molecule has 0 unspecified atom stereocenters. The third-order valence-electron chi connectivity index (χ3n) is 1.34. The van der Waals surface area contributed by atoms with Crippen LogP contribution in [0, 0.1) is 0 Å². The number of anilines is 1. The van der Waals surface area contributed by atoms with Gasteiger partial charge in [-0.15, -0.1) is 0 Å². The molecule has 0 radical (unpaired) electrons. The molecule has 0 aliphatic carbocycles. The van der Waals surface area contributed by atoms with Gasteiger partial charge in [-0.1, -0.05) is 0 Å². The fourth-order valence-corrected chi connectivity index (χ4v) is 1.15. The lowest BCUT2D eigenvalue weighted by molar-refractivity contribution is 0.387. The predicted molar refractivity (Wildman–Crippen MR) is 48.2 cm³/mol. The summed E-state index contributed by atoms with van der Waals surface area (Å²) in [6.45, 7) is 0. The summed E-state index contributed by atoms with van der Waals surface area (Å²) in [6.07, 6.45) is 0. The minimum atomic E-state index is -4.42. The summed E-state index contributed by atoms with van der Waals surface area (Å²) in [4.78, 5) is 0. The summed E-state index contributed by atoms with van der Waals surface area (Å²) in [7, 11) is -2.68. The second kappa shape index (κ2) is 3.63. The molecule has 0 amide bonds. The standard InChI is InChI=1S/C7H9NO4S/c1-8-6-2-4-7(5-3-6)12-13(9,10)11/h2-5,8H,1H3,(H,9,10,11). The van der Waals surface area contributed by atoms with Crippen LogP contribution in [0.5, 0.6) is 5.75 Å². The van der Waals surface area contributed by atoms with Crippen LogP contribution in [0.4, 0.5) is 5.69 Å². The second-order valence-corrected chi connectivity index (χ2v) is 3.31. The quantitative estimate of drug-likeness (QED) is 0.714. The second-order valence-electron chi connectivity index (χ2n) is 2.29. The molecule has 0 spiro atoms. The molecule has 0 bridgehead atoms. The van der Waals surface area contributed by atoms with Crippen molar-refractivity contribution in [3.05, 3.63) is 24.3 Å². The number of hydrogen-bond donors (Lipinski definition) is 2. The molecular formula is C7H9NO4S. The average molecular weight is 203 g/mol. The molecule has 1 aromatic carbocycles. The van der Waals surface area contributed by atoms with E-state index in [9.17, 15) is 8.42 Å². The van der Waals surface area contributed by atoms with E-state index >= 15 is 0 Å². The van der Waals surface area contributed by atoms with Gasteiger partial charge < -0.3 is 9.50 Å². The zero-order chi connectivity index (χ0) is 9.90. The van der Waals surface area contributed by atoms with E-state index in [1.165, 1.54) is 12.1 Å². The molecule has 0 heterocycles. The first-order valence-electron chi connectivity index (χ1n) is 3.46. The Kier molecular flexibility index (Phi) is 2.74. The van der Waals surface area contributed by atoms with Crippen molar-refractivity contribution in [2.75, 3.05) is 12.4 Å². The first-order chi connectivity index (χ1) is 6.01. The van der Waals surface area contributed by atoms with Crippen molar-refractivity contribution in [2.24, 2.45) is 0 Å². The molecule has 0 aliphatic rings. The first kappa shape index (κ1) is 9.82. The lowest BCUT2D eigenvalue weighted by Gasteiger charge is -2.02. The Hall–Kier alpha value is -1.27. The largest absolute Gasteiger partial charge is 0.446 e. The maximum atomic E-state index is 10.3. The van der Waals surface area contributed by atoms with Crippen LogP contribution in [0.25, 0.3) is 0 Å². The molecular weight excluding hydrogens is 194 g/mol. The number of hydrogen-bond acceptors (Lipinski definition) is 4. The van der Waals surface area contributed by atoms with Gasteiger partial charge in [0.25, 0.3) is 0 Å². The van der Waals surface area contributed by atoms with E-state index in [0.717, 1.165) is 5.69 Å². The van der Waals surface area contributed by atoms with Crippen molar-refractivity contribution in [2.45, 2.75) is 0 Å². The van der Waals surface area contributed by atoms with E-state index < -0.39 is 10.4 Å². The molecule has 6 heteroatoms. The van der Waals surface area contributed by atoms with Crippen molar-refractivity contribution in [1.29, 1.82) is 0 Å². The van der Waals surface area contributed by atoms with Crippen LogP contribution < -0.4 is 9.50 Å². The van der Waals surface area contributed by atoms with Gasteiger partial charge in [-0.3, -0.25) is 4.55 Å². The minimum absolute atomic E-state index is 0.0708. The van der Waals surface area contributed by atoms with E-state index in [4.69, 9.17) is 4.55 Å². The van der Waals surface area contributed by atoms with Crippen LogP contribution in [-0.2, 0) is 10.4 Å². The van der Waals surface area contributed by atoms with Gasteiger partial charge in [-0.05, 0) is 24.3 Å². The molecule has 0 aromatic heterocycles. The maximum Gasteiger partial charge on any atom is 0.446 e. The minimum Gasteiger partial charge on any atom is -0.388 e. The van der Waals surface area contributed by atoms with Gasteiger partial charge in [0.05, 0.1) is 0 Å². The zero-order valence-electron chi connectivity index (χ0n) is 6.89. The molecule has 1 aromatic rings. The Bertz CT molecular complexity index is 370. The van der Waals surface area contributed by atoms with Crippen molar-refractivity contribution in [3.63, 3.8) is 0 Å². The van der Waals surface area contributed by atoms with Crippen LogP contribution in [0.2, 0.25) is 0 Å². The molecule has 5 nitrogen and oxygen atoms in total. The Labute approximate surface area is 76.3 Å². The summed E-state index contributed by atoms with van der Waals surface area (Å²) in [5.41, 5.74) is 0.822. The van der Waals surface area contributed by atoms with Gasteiger partial charge in [0.15, 0.2) is 0 Å². The van der Waals surface area contributed by atoms with Crippen molar-refractivity contribution in [1.82, 2.24) is 0 Å². The summed E-state index contributed by atoms with van der Waals surface area (Å²) in [5, 5.41) is 2.85. The Balaban J connectivity index is 2.81. The molecule has 0 saturated heterocycles. The normalized spacial score (nSPS) is 10.9. The SMILES string of the molecule is CNc1ccc(OS(=O)(=O)O)cc1. The monoisotopic (exact) mass is 203 g/mol. The zero-order valence-corrected chi connectivity index (χ0v) is 7.71. The topological polar surface area (TPSA) is 75.6 Å². The fourth-order valence-electron chi connectivity index (χ4n) is 0.799. The van der Waals surface area contributed by atoms with Gasteiger partial charge in [0, 0.05) is 12.7 Å². The van der Waals surface area contributed by atoms with E-state index in [-0.39, 0.29) is 5.75 Å². The molecule has 0 atom stereocenters. The lowest BCUT2D eigenvalue weighted by atomic mass is 10.3. The fraction of sp³-hybridized carbons (Fsp3) is 0.143. The van der Waals surface area contributed by atoms with Crippen molar-refractivity contribution < 1.29 is 17.2 Å². The van der Waals surface area contributed by atoms with Crippen molar-refractivity contribution >= 4 is 16.1 Å². The smallest absolute Gasteiger partial charge is 0.388 e. The number of benzene rings is 1. The van der Waals surface area contributed by atoms with Crippen LogP contribution >= 0.6 is 0 Å². The number of rotatable bonds is 3. The van der Waals surface area contributed by atoms with Gasteiger partial charge in [-0.25, -0.2) is 0 Å². The van der Waals surface area contributed by atoms with Gasteiger partial charge in [0.2, 0.25) is 0 Å². The summed E-state index contributed by atoms with van der Waals surface area (Å²) in [6, 6.07) is 6.11. The van der Waals surface area contributed by atoms with Crippen LogP contribution in [0.3, 0.4) is 0 Å². The average Bonchev–Trinajstić information content (AvgIpc) is 2.03. The van der Waals surface area contributed by atoms with E-state index in [0.29, 0.717) is 0 Å². The molecule has 72 valence electrons. The van der Waals surface area contributed by atoms with E-state index in [1.54, 1.807) is 19.2 Å². The van der Waals surface area contributed by atoms with Gasteiger partial charge in [0.1, 0.15) is 5.75 Å². The third-order valence-corrected chi connectivity index (χ3v) is 1.75. The van der Waals surface area contributed by atoms with Crippen LogP contribution in [0.1, 0.15) is 0 Å². The van der Waals surface area contributed by atoms with Crippen LogP contribution in [0.15, 0.2) is 24.3 Å². The van der Waals surface area contributed by atoms with Gasteiger partial charge >= 0.3 is 10.4 Å². The molecule has 13 heavy (non-hydrogen) atoms. The van der Waals surface area contributed by atoms with Crippen molar-refractivity contribution in [3.8, 4) is 5.75 Å². The van der Waals surface area contributed by atoms with Gasteiger partial charge in [-0.2, -0.15) is 8.42 Å². The van der Waals surface area contributed by atoms with Crippen LogP contribution in [-0.4, -0.2) is 20.0 Å². The first-order valence-corrected chi connectivity index (χ1v) is 4.82. The lowest BCUT2D eigenvalue weighted by Crippen LogP contribution is -2.06. The Morgan fingerprint density at radius 3 is 2.23 bits per heavy atom. The molecule has 0 aliphatic heterocycles. The molecule has 0 saturated carbocycles. The predicted octanol–water partition coefficient (Wildman–Crippen LogP) is 0.910. The highest BCUT2D eigenvalue weighted by atomic mass is 32.3. The third kappa shape index (κ3) is 3.30. The molecule has 0 fully saturated rings. The summed E-state index contributed by atoms with van der Waals surface area (Å²) >= 11 is 0. The molecule has 2 N–H and O–H groups in total. The van der Waals surface area contributed by atoms with E-state index in [1.807, 2.05) is 0 Å². The maximum absolute atomic E-state index is 10.3. The highest BCUT2D eigenvalue weighted by Crippen LogP contribution is 2.16. The number of nitrogens with one attached hydrogen (secondary N) is 1. The Morgan fingerprint density at radius 2 is 1.85 bits per heavy atom. The summed E-state index contributed by atoms with van der Waals surface area (Å²) < 4.78 is 33.1. The van der Waals surface area contributed by atoms with E-state index in [2.05, 4.69) is 9.50 Å². The summed E-state index contributed by atoms with van der Waals surface area (Å²) in [5.74, 6) is 0.0708. The molecule has 1 rings (SSSR count). The Morgan fingerprint density at radius 1 is 1.31 bits per heavy atom.